The molecule has 0 aliphatic carbocycles. The molecule has 37 heavy (non-hydrogen) atoms. The molecule has 2 amide bonds. The number of hydrogen-bond donors (Lipinski definition) is 1. The van der Waals surface area contributed by atoms with E-state index in [1.165, 1.54) is 49.4 Å². The first-order valence-corrected chi connectivity index (χ1v) is 13.4. The van der Waals surface area contributed by atoms with Gasteiger partial charge < -0.3 is 15.0 Å². The first kappa shape index (κ1) is 28.0. The lowest BCUT2D eigenvalue weighted by Gasteiger charge is -2.32. The van der Waals surface area contributed by atoms with Crippen molar-refractivity contribution in [2.45, 2.75) is 31.3 Å². The Morgan fingerprint density at radius 1 is 1.03 bits per heavy atom. The van der Waals surface area contributed by atoms with Crippen LogP contribution in [-0.4, -0.2) is 51.9 Å². The Bertz CT molecular complexity index is 1360. The molecule has 0 fully saturated rings. The first-order valence-electron chi connectivity index (χ1n) is 11.6. The van der Waals surface area contributed by atoms with Gasteiger partial charge in [-0.2, -0.15) is 0 Å². The van der Waals surface area contributed by atoms with Gasteiger partial charge in [0.25, 0.3) is 10.0 Å². The van der Waals surface area contributed by atoms with E-state index in [0.717, 1.165) is 15.4 Å². The van der Waals surface area contributed by atoms with Crippen LogP contribution in [0.4, 0.5) is 5.69 Å². The molecule has 8 nitrogen and oxygen atoms in total. The number of sulfonamides is 1. The number of amides is 2. The van der Waals surface area contributed by atoms with Gasteiger partial charge in [-0.05, 0) is 61.9 Å². The normalized spacial score (nSPS) is 11.9. The van der Waals surface area contributed by atoms with Crippen LogP contribution < -0.4 is 14.4 Å². The summed E-state index contributed by atoms with van der Waals surface area (Å²) in [6.07, 6.45) is 0. The van der Waals surface area contributed by atoms with E-state index in [-0.39, 0.29) is 23.0 Å². The summed E-state index contributed by atoms with van der Waals surface area (Å²) in [5.74, 6) is -0.420. The number of hydrogen-bond acceptors (Lipinski definition) is 5. The van der Waals surface area contributed by atoms with Crippen LogP contribution in [0, 0.1) is 6.92 Å². The highest BCUT2D eigenvalue weighted by Gasteiger charge is 2.32. The quantitative estimate of drug-likeness (QED) is 0.417. The summed E-state index contributed by atoms with van der Waals surface area (Å²) < 4.78 is 33.7. The van der Waals surface area contributed by atoms with Crippen molar-refractivity contribution in [1.29, 1.82) is 0 Å². The summed E-state index contributed by atoms with van der Waals surface area (Å²) in [6.45, 7) is 3.12. The lowest BCUT2D eigenvalue weighted by atomic mass is 10.1. The van der Waals surface area contributed by atoms with E-state index in [1.54, 1.807) is 25.1 Å². The topological polar surface area (TPSA) is 96.0 Å². The van der Waals surface area contributed by atoms with Gasteiger partial charge >= 0.3 is 0 Å². The number of likely N-dealkylation sites (N-methyl/N-ethyl adjacent to an activating group) is 1. The van der Waals surface area contributed by atoms with Gasteiger partial charge in [0.1, 0.15) is 18.3 Å². The number of anilines is 1. The zero-order chi connectivity index (χ0) is 27.2. The Kier molecular flexibility index (Phi) is 9.18. The van der Waals surface area contributed by atoms with Crippen molar-refractivity contribution in [3.8, 4) is 5.75 Å². The van der Waals surface area contributed by atoms with Crippen molar-refractivity contribution in [3.05, 3.63) is 88.9 Å². The lowest BCUT2D eigenvalue weighted by Crippen LogP contribution is -2.50. The van der Waals surface area contributed by atoms with Crippen LogP contribution in [0.25, 0.3) is 0 Å². The van der Waals surface area contributed by atoms with Crippen LogP contribution in [0.5, 0.6) is 5.75 Å². The molecule has 1 atom stereocenters. The third kappa shape index (κ3) is 6.81. The van der Waals surface area contributed by atoms with E-state index in [1.807, 2.05) is 31.2 Å². The second-order valence-corrected chi connectivity index (χ2v) is 10.8. The highest BCUT2D eigenvalue weighted by molar-refractivity contribution is 7.92. The number of rotatable bonds is 10. The molecule has 196 valence electrons. The van der Waals surface area contributed by atoms with E-state index in [0.29, 0.717) is 10.8 Å². The minimum absolute atomic E-state index is 0.0225. The summed E-state index contributed by atoms with van der Waals surface area (Å²) in [5, 5.41) is 2.88. The van der Waals surface area contributed by atoms with Gasteiger partial charge in [-0.3, -0.25) is 13.9 Å². The molecular formula is C27H30ClN3O5S. The number of nitrogens with one attached hydrogen (secondary N) is 1. The van der Waals surface area contributed by atoms with Gasteiger partial charge in [0.05, 0.1) is 17.7 Å². The van der Waals surface area contributed by atoms with Crippen molar-refractivity contribution < 1.29 is 22.7 Å². The average Bonchev–Trinajstić information content (AvgIpc) is 2.89. The Morgan fingerprint density at radius 2 is 1.70 bits per heavy atom. The van der Waals surface area contributed by atoms with E-state index < -0.39 is 28.5 Å². The predicted octanol–water partition coefficient (Wildman–Crippen LogP) is 4.02. The lowest BCUT2D eigenvalue weighted by molar-refractivity contribution is -0.139. The molecule has 3 aromatic carbocycles. The molecule has 0 aliphatic heterocycles. The van der Waals surface area contributed by atoms with E-state index in [9.17, 15) is 18.0 Å². The number of methoxy groups -OCH3 is 1. The molecule has 1 N–H and O–H groups in total. The van der Waals surface area contributed by atoms with Gasteiger partial charge in [0.2, 0.25) is 11.8 Å². The van der Waals surface area contributed by atoms with Crippen LogP contribution in [0.1, 0.15) is 18.1 Å². The predicted molar refractivity (Wildman–Crippen MR) is 144 cm³/mol. The molecule has 3 rings (SSSR count). The molecular weight excluding hydrogens is 514 g/mol. The Morgan fingerprint density at radius 3 is 2.30 bits per heavy atom. The first-order chi connectivity index (χ1) is 17.6. The number of halogens is 1. The van der Waals surface area contributed by atoms with Crippen LogP contribution in [-0.2, 0) is 26.2 Å². The summed E-state index contributed by atoms with van der Waals surface area (Å²) in [4.78, 5) is 27.6. The summed E-state index contributed by atoms with van der Waals surface area (Å²) >= 11 is 6.17. The Labute approximate surface area is 222 Å². The van der Waals surface area contributed by atoms with Crippen LogP contribution in [0.3, 0.4) is 0 Å². The number of ether oxygens (including phenoxy) is 1. The minimum atomic E-state index is -4.18. The Balaban J connectivity index is 2.03. The standard InChI is InChI=1S/C27H30ClN3O5S/c1-19-7-5-8-21(15-19)17-30(20(2)27(33)29-3)26(32)18-31(23-10-6-9-22(28)16-23)37(34,35)25-13-11-24(36-4)12-14-25/h5-16,20H,17-18H2,1-4H3,(H,29,33)/t20-/m1/s1. The zero-order valence-corrected chi connectivity index (χ0v) is 22.7. The number of nitrogens with zero attached hydrogens (tertiary/aromatic N) is 2. The zero-order valence-electron chi connectivity index (χ0n) is 21.1. The third-order valence-electron chi connectivity index (χ3n) is 5.87. The monoisotopic (exact) mass is 543 g/mol. The fourth-order valence-corrected chi connectivity index (χ4v) is 5.42. The summed E-state index contributed by atoms with van der Waals surface area (Å²) in [6, 6.07) is 18.9. The SMILES string of the molecule is CNC(=O)[C@@H](C)N(Cc1cccc(C)c1)C(=O)CN(c1cccc(Cl)c1)S(=O)(=O)c1ccc(OC)cc1. The van der Waals surface area contributed by atoms with E-state index >= 15 is 0 Å². The summed E-state index contributed by atoms with van der Waals surface area (Å²) in [5.41, 5.74) is 2.04. The highest BCUT2D eigenvalue weighted by Crippen LogP contribution is 2.28. The molecule has 0 unspecified atom stereocenters. The largest absolute Gasteiger partial charge is 0.497 e. The molecule has 10 heteroatoms. The van der Waals surface area contributed by atoms with E-state index in [4.69, 9.17) is 16.3 Å². The Hall–Kier alpha value is -3.56. The molecule has 0 saturated heterocycles. The molecule has 3 aromatic rings. The fourth-order valence-electron chi connectivity index (χ4n) is 3.83. The number of carbonyl (C=O) groups excluding carboxylic acids is 2. The molecule has 0 saturated carbocycles. The second-order valence-electron chi connectivity index (χ2n) is 8.47. The third-order valence-corrected chi connectivity index (χ3v) is 7.89. The van der Waals surface area contributed by atoms with Crippen molar-refractivity contribution in [2.75, 3.05) is 25.0 Å². The van der Waals surface area contributed by atoms with Gasteiger partial charge in [0.15, 0.2) is 0 Å². The van der Waals surface area contributed by atoms with Crippen molar-refractivity contribution in [1.82, 2.24) is 10.2 Å². The number of benzene rings is 3. The number of aryl methyl sites for hydroxylation is 1. The van der Waals surface area contributed by atoms with Crippen LogP contribution in [0.15, 0.2) is 77.7 Å². The van der Waals surface area contributed by atoms with Crippen LogP contribution in [0.2, 0.25) is 5.02 Å². The molecule has 0 heterocycles. The smallest absolute Gasteiger partial charge is 0.264 e. The average molecular weight is 544 g/mol. The van der Waals surface area contributed by atoms with Crippen molar-refractivity contribution >= 4 is 39.1 Å². The fraction of sp³-hybridized carbons (Fsp3) is 0.259. The van der Waals surface area contributed by atoms with E-state index in [2.05, 4.69) is 5.32 Å². The van der Waals surface area contributed by atoms with Gasteiger partial charge in [0, 0.05) is 18.6 Å². The molecule has 0 spiro atoms. The van der Waals surface area contributed by atoms with Crippen molar-refractivity contribution in [3.63, 3.8) is 0 Å². The molecule has 0 aliphatic rings. The highest BCUT2D eigenvalue weighted by atomic mass is 35.5. The maximum absolute atomic E-state index is 13.8. The molecule has 0 radical (unpaired) electrons. The number of carbonyl (C=O) groups is 2. The molecule has 0 aromatic heterocycles. The molecule has 0 bridgehead atoms. The second kappa shape index (κ2) is 12.1. The maximum Gasteiger partial charge on any atom is 0.264 e. The summed E-state index contributed by atoms with van der Waals surface area (Å²) in [7, 11) is -1.21. The minimum Gasteiger partial charge on any atom is -0.497 e. The van der Waals surface area contributed by atoms with Gasteiger partial charge in [-0.25, -0.2) is 8.42 Å². The maximum atomic E-state index is 13.8. The van der Waals surface area contributed by atoms with Gasteiger partial charge in [-0.1, -0.05) is 47.5 Å². The van der Waals surface area contributed by atoms with Crippen molar-refractivity contribution in [2.24, 2.45) is 0 Å². The van der Waals surface area contributed by atoms with Gasteiger partial charge in [-0.15, -0.1) is 0 Å². The van der Waals surface area contributed by atoms with Crippen LogP contribution >= 0.6 is 11.6 Å².